The highest BCUT2D eigenvalue weighted by Crippen LogP contribution is 2.23. The third kappa shape index (κ3) is 3.91. The van der Waals surface area contributed by atoms with Gasteiger partial charge in [-0.2, -0.15) is 4.98 Å². The molecule has 0 radical (unpaired) electrons. The van der Waals surface area contributed by atoms with Crippen LogP contribution in [-0.4, -0.2) is 49.4 Å². The van der Waals surface area contributed by atoms with Crippen molar-refractivity contribution in [3.63, 3.8) is 0 Å². The van der Waals surface area contributed by atoms with Crippen molar-refractivity contribution < 1.29 is 14.1 Å². The molecule has 128 valence electrons. The highest BCUT2D eigenvalue weighted by molar-refractivity contribution is 5.89. The lowest BCUT2D eigenvalue weighted by Crippen LogP contribution is -2.25. The Hall–Kier alpha value is -2.41. The molecule has 0 spiro atoms. The summed E-state index contributed by atoms with van der Waals surface area (Å²) in [4.78, 5) is 18.5. The summed E-state index contributed by atoms with van der Waals surface area (Å²) in [5.41, 5.74) is 2.04. The average molecular weight is 330 g/mol. The molecule has 1 saturated heterocycles. The first-order valence-electron chi connectivity index (χ1n) is 8.24. The second-order valence-electron chi connectivity index (χ2n) is 5.77. The summed E-state index contributed by atoms with van der Waals surface area (Å²) in [6, 6.07) is 8.03. The van der Waals surface area contributed by atoms with Crippen molar-refractivity contribution in [3.05, 3.63) is 30.2 Å². The number of carbonyl (C=O) groups excluding carboxylic acids is 1. The van der Waals surface area contributed by atoms with Crippen LogP contribution >= 0.6 is 0 Å². The number of anilines is 1. The van der Waals surface area contributed by atoms with Gasteiger partial charge in [0.15, 0.2) is 0 Å². The first-order chi connectivity index (χ1) is 11.8. The van der Waals surface area contributed by atoms with Gasteiger partial charge in [-0.3, -0.25) is 4.79 Å². The molecule has 24 heavy (non-hydrogen) atoms. The van der Waals surface area contributed by atoms with Crippen LogP contribution in [0.3, 0.4) is 0 Å². The molecule has 0 bridgehead atoms. The van der Waals surface area contributed by atoms with Gasteiger partial charge in [-0.15, -0.1) is 0 Å². The van der Waals surface area contributed by atoms with Crippen LogP contribution in [0.2, 0.25) is 0 Å². The quantitative estimate of drug-likeness (QED) is 0.783. The van der Waals surface area contributed by atoms with E-state index in [0.717, 1.165) is 25.1 Å². The standard InChI is InChI=1S/C17H22N4O3/c1-23-12-4-9-18-16(22)17-19-15(20-24-17)13-5-7-14(8-6-13)21-10-2-3-11-21/h5-8H,2-4,9-12H2,1H3,(H,18,22). The van der Waals surface area contributed by atoms with E-state index in [1.807, 2.05) is 12.1 Å². The Morgan fingerprint density at radius 2 is 2.04 bits per heavy atom. The molecule has 1 aliphatic rings. The zero-order valence-electron chi connectivity index (χ0n) is 13.8. The Labute approximate surface area is 141 Å². The van der Waals surface area contributed by atoms with E-state index in [0.29, 0.717) is 19.0 Å². The summed E-state index contributed by atoms with van der Waals surface area (Å²) in [6.45, 7) is 3.32. The maximum absolute atomic E-state index is 11.9. The van der Waals surface area contributed by atoms with Gasteiger partial charge in [0.2, 0.25) is 5.82 Å². The third-order valence-electron chi connectivity index (χ3n) is 4.03. The second kappa shape index (κ2) is 7.92. The van der Waals surface area contributed by atoms with E-state index in [-0.39, 0.29) is 11.8 Å². The number of aromatic nitrogens is 2. The van der Waals surface area contributed by atoms with Crippen LogP contribution in [0.15, 0.2) is 28.8 Å². The zero-order valence-corrected chi connectivity index (χ0v) is 13.8. The summed E-state index contributed by atoms with van der Waals surface area (Å²) in [6.07, 6.45) is 3.23. The number of carbonyl (C=O) groups is 1. The highest BCUT2D eigenvalue weighted by atomic mass is 16.5. The van der Waals surface area contributed by atoms with Crippen LogP contribution in [0.25, 0.3) is 11.4 Å². The molecule has 1 N–H and O–H groups in total. The molecule has 2 aromatic rings. The van der Waals surface area contributed by atoms with E-state index in [4.69, 9.17) is 9.26 Å². The van der Waals surface area contributed by atoms with E-state index in [1.54, 1.807) is 7.11 Å². The van der Waals surface area contributed by atoms with E-state index in [1.165, 1.54) is 18.5 Å². The summed E-state index contributed by atoms with van der Waals surface area (Å²) >= 11 is 0. The Morgan fingerprint density at radius 1 is 1.29 bits per heavy atom. The molecule has 1 aliphatic heterocycles. The van der Waals surface area contributed by atoms with Crippen LogP contribution in [-0.2, 0) is 4.74 Å². The summed E-state index contributed by atoms with van der Waals surface area (Å²) in [5, 5.41) is 6.62. The normalized spacial score (nSPS) is 14.1. The van der Waals surface area contributed by atoms with Crippen LogP contribution in [0.1, 0.15) is 29.9 Å². The summed E-state index contributed by atoms with van der Waals surface area (Å²) < 4.78 is 9.98. The van der Waals surface area contributed by atoms with Crippen molar-refractivity contribution in [2.45, 2.75) is 19.3 Å². The molecule has 1 fully saturated rings. The van der Waals surface area contributed by atoms with E-state index >= 15 is 0 Å². The fraction of sp³-hybridized carbons (Fsp3) is 0.471. The summed E-state index contributed by atoms with van der Waals surface area (Å²) in [5.74, 6) is 0.0367. The molecular formula is C17H22N4O3. The van der Waals surface area contributed by atoms with Crippen molar-refractivity contribution >= 4 is 11.6 Å². The van der Waals surface area contributed by atoms with Crippen LogP contribution < -0.4 is 10.2 Å². The van der Waals surface area contributed by atoms with Crippen molar-refractivity contribution in [1.29, 1.82) is 0 Å². The maximum atomic E-state index is 11.9. The minimum Gasteiger partial charge on any atom is -0.385 e. The van der Waals surface area contributed by atoms with Gasteiger partial charge in [-0.05, 0) is 43.5 Å². The largest absolute Gasteiger partial charge is 0.385 e. The number of hydrogen-bond donors (Lipinski definition) is 1. The average Bonchev–Trinajstić information content (AvgIpc) is 3.30. The molecule has 1 aromatic heterocycles. The zero-order chi connectivity index (χ0) is 16.8. The van der Waals surface area contributed by atoms with Gasteiger partial charge in [0, 0.05) is 44.6 Å². The Kier molecular flexibility index (Phi) is 5.43. The maximum Gasteiger partial charge on any atom is 0.316 e. The van der Waals surface area contributed by atoms with Gasteiger partial charge >= 0.3 is 11.8 Å². The monoisotopic (exact) mass is 330 g/mol. The van der Waals surface area contributed by atoms with E-state index < -0.39 is 0 Å². The van der Waals surface area contributed by atoms with Gasteiger partial charge in [0.1, 0.15) is 0 Å². The number of hydrogen-bond acceptors (Lipinski definition) is 6. The molecule has 2 heterocycles. The fourth-order valence-electron chi connectivity index (χ4n) is 2.72. The molecule has 1 amide bonds. The van der Waals surface area contributed by atoms with Crippen molar-refractivity contribution in [1.82, 2.24) is 15.5 Å². The number of rotatable bonds is 7. The fourth-order valence-corrected chi connectivity index (χ4v) is 2.72. The first kappa shape index (κ1) is 16.4. The highest BCUT2D eigenvalue weighted by Gasteiger charge is 2.16. The van der Waals surface area contributed by atoms with Crippen LogP contribution in [0.4, 0.5) is 5.69 Å². The van der Waals surface area contributed by atoms with Gasteiger partial charge in [-0.25, -0.2) is 0 Å². The SMILES string of the molecule is COCCCNC(=O)c1nc(-c2ccc(N3CCCC3)cc2)no1. The van der Waals surface area contributed by atoms with E-state index in [9.17, 15) is 4.79 Å². The lowest BCUT2D eigenvalue weighted by molar-refractivity contribution is 0.0905. The Morgan fingerprint density at radius 3 is 2.75 bits per heavy atom. The molecule has 7 heteroatoms. The summed E-state index contributed by atoms with van der Waals surface area (Å²) in [7, 11) is 1.63. The second-order valence-corrected chi connectivity index (χ2v) is 5.77. The number of nitrogens with one attached hydrogen (secondary N) is 1. The van der Waals surface area contributed by atoms with Gasteiger partial charge < -0.3 is 19.5 Å². The first-order valence-corrected chi connectivity index (χ1v) is 8.24. The number of ether oxygens (including phenoxy) is 1. The van der Waals surface area contributed by atoms with Crippen molar-refractivity contribution in [2.24, 2.45) is 0 Å². The van der Waals surface area contributed by atoms with Crippen LogP contribution in [0, 0.1) is 0 Å². The predicted molar refractivity (Wildman–Crippen MR) is 90.0 cm³/mol. The number of nitrogens with zero attached hydrogens (tertiary/aromatic N) is 3. The number of methoxy groups -OCH3 is 1. The molecule has 7 nitrogen and oxygen atoms in total. The molecule has 0 atom stereocenters. The molecule has 1 aromatic carbocycles. The Bertz CT molecular complexity index is 663. The van der Waals surface area contributed by atoms with E-state index in [2.05, 4.69) is 32.5 Å². The number of benzene rings is 1. The van der Waals surface area contributed by atoms with Gasteiger partial charge in [0.05, 0.1) is 0 Å². The number of amides is 1. The van der Waals surface area contributed by atoms with Crippen molar-refractivity contribution in [3.8, 4) is 11.4 Å². The Balaban J connectivity index is 1.61. The molecule has 0 saturated carbocycles. The third-order valence-corrected chi connectivity index (χ3v) is 4.03. The molecule has 0 aliphatic carbocycles. The lowest BCUT2D eigenvalue weighted by atomic mass is 10.2. The molecule has 0 unspecified atom stereocenters. The minimum absolute atomic E-state index is 0.0222. The minimum atomic E-state index is -0.362. The van der Waals surface area contributed by atoms with Crippen molar-refractivity contribution in [2.75, 3.05) is 38.3 Å². The smallest absolute Gasteiger partial charge is 0.316 e. The predicted octanol–water partition coefficient (Wildman–Crippen LogP) is 2.10. The molecule has 3 rings (SSSR count). The topological polar surface area (TPSA) is 80.5 Å². The van der Waals surface area contributed by atoms with Crippen LogP contribution in [0.5, 0.6) is 0 Å². The lowest BCUT2D eigenvalue weighted by Gasteiger charge is -2.17. The van der Waals surface area contributed by atoms with Gasteiger partial charge in [-0.1, -0.05) is 5.16 Å². The van der Waals surface area contributed by atoms with Gasteiger partial charge in [0.25, 0.3) is 0 Å². The molecular weight excluding hydrogens is 308 g/mol.